The molecule has 0 fully saturated rings. The van der Waals surface area contributed by atoms with E-state index in [2.05, 4.69) is 48.1 Å². The Balaban J connectivity index is 2.53. The van der Waals surface area contributed by atoms with Gasteiger partial charge >= 0.3 is 0 Å². The third-order valence-electron chi connectivity index (χ3n) is 6.43. The second-order valence-corrected chi connectivity index (χ2v) is 14.6. The van der Waals surface area contributed by atoms with Crippen LogP contribution >= 0.6 is 0 Å². The molecular weight excluding hydrogens is 348 g/mol. The third-order valence-corrected chi connectivity index (χ3v) is 13.3. The number of carbonyl (C=O) groups is 1. The molecule has 0 aliphatic rings. The van der Waals surface area contributed by atoms with E-state index in [1.165, 1.54) is 0 Å². The third kappa shape index (κ3) is 3.55. The molecule has 2 rings (SSSR count). The fourth-order valence-corrected chi connectivity index (χ4v) is 11.3. The fraction of sp³-hybridized carbons (Fsp3) is 0.458. The molecule has 3 heteroatoms. The van der Waals surface area contributed by atoms with Crippen molar-refractivity contribution in [2.45, 2.75) is 70.7 Å². The first kappa shape index (κ1) is 21.6. The molecule has 146 valence electrons. The van der Waals surface area contributed by atoms with Crippen molar-refractivity contribution in [3.8, 4) is 0 Å². The molecule has 0 heterocycles. The minimum absolute atomic E-state index is 0.112. The Morgan fingerprint density at radius 3 is 1.89 bits per heavy atom. The van der Waals surface area contributed by atoms with Crippen molar-refractivity contribution in [1.82, 2.24) is 0 Å². The van der Waals surface area contributed by atoms with E-state index in [4.69, 9.17) is 0 Å². The Bertz CT molecular complexity index is 825. The number of hydrogen-bond donors (Lipinski definition) is 1. The molecule has 0 aliphatic heterocycles. The summed E-state index contributed by atoms with van der Waals surface area (Å²) in [5.41, 5.74) is 0.537. The summed E-state index contributed by atoms with van der Waals surface area (Å²) < 4.78 is 0. The van der Waals surface area contributed by atoms with Crippen LogP contribution in [0.2, 0.25) is 16.6 Å². The van der Waals surface area contributed by atoms with E-state index in [9.17, 15) is 9.90 Å². The number of benzene rings is 2. The Morgan fingerprint density at radius 1 is 0.926 bits per heavy atom. The molecule has 0 spiro atoms. The summed E-state index contributed by atoms with van der Waals surface area (Å²) in [7, 11) is -2.39. The molecule has 2 aromatic carbocycles. The van der Waals surface area contributed by atoms with E-state index < -0.39 is 13.7 Å². The molecule has 0 saturated carbocycles. The van der Waals surface area contributed by atoms with Gasteiger partial charge in [-0.1, -0.05) is 84.5 Å². The highest BCUT2D eigenvalue weighted by Crippen LogP contribution is 2.45. The lowest BCUT2D eigenvalue weighted by Gasteiger charge is -2.43. The highest BCUT2D eigenvalue weighted by Gasteiger charge is 2.52. The highest BCUT2D eigenvalue weighted by atomic mass is 28.3. The van der Waals surface area contributed by atoms with Gasteiger partial charge in [-0.3, -0.25) is 0 Å². The summed E-state index contributed by atoms with van der Waals surface area (Å²) in [5.74, 6) is 0. The molecule has 0 aromatic heterocycles. The summed E-state index contributed by atoms with van der Waals surface area (Å²) in [4.78, 5) is 13.8. The van der Waals surface area contributed by atoms with Crippen molar-refractivity contribution in [3.05, 3.63) is 60.2 Å². The molecule has 27 heavy (non-hydrogen) atoms. The van der Waals surface area contributed by atoms with Gasteiger partial charge in [0.1, 0.15) is 19.1 Å². The van der Waals surface area contributed by atoms with Gasteiger partial charge in [0, 0.05) is 5.57 Å². The van der Waals surface area contributed by atoms with Crippen molar-refractivity contribution < 1.29 is 9.90 Å². The van der Waals surface area contributed by atoms with Crippen LogP contribution in [0.3, 0.4) is 0 Å². The zero-order valence-electron chi connectivity index (χ0n) is 17.8. The fourth-order valence-electron chi connectivity index (χ4n) is 4.94. The summed E-state index contributed by atoms with van der Waals surface area (Å²) >= 11 is 0. The molecule has 0 radical (unpaired) electrons. The molecule has 1 atom stereocenters. The standard InChI is InChI=1S/C24H34O2Si/c1-16(2)27(17(3)4,18(5)6)23(25)19(7)24(8,26)22-14-13-20-11-9-10-12-21(20)15-22/h9-18,26H,7H2,1-6,8H3. The van der Waals surface area contributed by atoms with E-state index in [1.54, 1.807) is 6.92 Å². The Kier molecular flexibility index (Phi) is 6.18. The van der Waals surface area contributed by atoms with E-state index in [1.807, 2.05) is 42.5 Å². The maximum Gasteiger partial charge on any atom is 0.146 e. The molecule has 0 amide bonds. The Hall–Kier alpha value is -1.71. The Labute approximate surface area is 165 Å². The first-order valence-electron chi connectivity index (χ1n) is 9.93. The summed E-state index contributed by atoms with van der Waals surface area (Å²) in [6.07, 6.45) is 0. The first-order chi connectivity index (χ1) is 12.5. The van der Waals surface area contributed by atoms with Crippen molar-refractivity contribution in [2.24, 2.45) is 0 Å². The van der Waals surface area contributed by atoms with Crippen molar-refractivity contribution in [3.63, 3.8) is 0 Å². The smallest absolute Gasteiger partial charge is 0.146 e. The van der Waals surface area contributed by atoms with Crippen molar-refractivity contribution in [1.29, 1.82) is 0 Å². The second kappa shape index (κ2) is 7.73. The van der Waals surface area contributed by atoms with Gasteiger partial charge in [0.05, 0.1) is 0 Å². The first-order valence-corrected chi connectivity index (χ1v) is 12.2. The summed E-state index contributed by atoms with van der Waals surface area (Å²) in [6, 6.07) is 13.9. The highest BCUT2D eigenvalue weighted by molar-refractivity contribution is 7.10. The predicted octanol–water partition coefficient (Wildman–Crippen LogP) is 6.39. The topological polar surface area (TPSA) is 37.3 Å². The SMILES string of the molecule is C=C(C(=O)[Si](C(C)C)(C(C)C)C(C)C)C(C)(O)c1ccc2ccccc2c1. The average molecular weight is 383 g/mol. The van der Waals surface area contributed by atoms with Gasteiger partial charge in [-0.15, -0.1) is 0 Å². The number of rotatable bonds is 7. The molecule has 0 saturated heterocycles. The van der Waals surface area contributed by atoms with Crippen LogP contribution in [0, 0.1) is 0 Å². The van der Waals surface area contributed by atoms with Crippen LogP contribution in [0.1, 0.15) is 54.0 Å². The van der Waals surface area contributed by atoms with Gasteiger partial charge in [-0.2, -0.15) is 0 Å². The van der Waals surface area contributed by atoms with Crippen molar-refractivity contribution in [2.75, 3.05) is 0 Å². The van der Waals surface area contributed by atoms with Crippen LogP contribution in [0.4, 0.5) is 0 Å². The molecule has 0 bridgehead atoms. The maximum absolute atomic E-state index is 13.8. The van der Waals surface area contributed by atoms with E-state index in [0.29, 0.717) is 5.57 Å². The van der Waals surface area contributed by atoms with Crippen LogP contribution in [-0.2, 0) is 10.4 Å². The van der Waals surface area contributed by atoms with E-state index in [-0.39, 0.29) is 22.0 Å². The van der Waals surface area contributed by atoms with Gasteiger partial charge in [0.25, 0.3) is 0 Å². The normalized spacial score (nSPS) is 14.8. The molecule has 2 aromatic rings. The van der Waals surface area contributed by atoms with Gasteiger partial charge in [-0.05, 0) is 45.9 Å². The molecule has 2 nitrogen and oxygen atoms in total. The van der Waals surface area contributed by atoms with Crippen LogP contribution in [0.25, 0.3) is 10.8 Å². The van der Waals surface area contributed by atoms with Crippen LogP contribution < -0.4 is 0 Å². The van der Waals surface area contributed by atoms with Crippen molar-refractivity contribution >= 4 is 24.3 Å². The quantitative estimate of drug-likeness (QED) is 0.445. The number of aliphatic hydroxyl groups is 1. The number of carbonyl (C=O) groups excluding carboxylic acids is 1. The van der Waals surface area contributed by atoms with Crippen LogP contribution in [0.5, 0.6) is 0 Å². The van der Waals surface area contributed by atoms with Gasteiger partial charge in [0.2, 0.25) is 0 Å². The molecule has 1 unspecified atom stereocenters. The number of fused-ring (bicyclic) bond motifs is 1. The molecular formula is C24H34O2Si. The summed E-state index contributed by atoms with van der Waals surface area (Å²) in [5, 5.41) is 13.7. The monoisotopic (exact) mass is 382 g/mol. The largest absolute Gasteiger partial charge is 0.381 e. The average Bonchev–Trinajstić information content (AvgIpc) is 2.59. The zero-order chi connectivity index (χ0) is 20.6. The van der Waals surface area contributed by atoms with E-state index in [0.717, 1.165) is 16.3 Å². The summed E-state index contributed by atoms with van der Waals surface area (Å²) in [6.45, 7) is 18.8. The Morgan fingerprint density at radius 2 is 1.41 bits per heavy atom. The minimum Gasteiger partial charge on any atom is -0.381 e. The van der Waals surface area contributed by atoms with Gasteiger partial charge < -0.3 is 9.90 Å². The predicted molar refractivity (Wildman–Crippen MR) is 119 cm³/mol. The molecule has 1 N–H and O–H groups in total. The van der Waals surface area contributed by atoms with Crippen LogP contribution in [0.15, 0.2) is 54.6 Å². The minimum atomic E-state index is -2.39. The number of hydrogen-bond acceptors (Lipinski definition) is 2. The lowest BCUT2D eigenvalue weighted by molar-refractivity contribution is -0.111. The lowest BCUT2D eigenvalue weighted by atomic mass is 9.88. The second-order valence-electron chi connectivity index (χ2n) is 8.84. The van der Waals surface area contributed by atoms with Gasteiger partial charge in [0.15, 0.2) is 0 Å². The van der Waals surface area contributed by atoms with E-state index >= 15 is 0 Å². The van der Waals surface area contributed by atoms with Crippen LogP contribution in [-0.4, -0.2) is 18.6 Å². The zero-order valence-corrected chi connectivity index (χ0v) is 18.8. The lowest BCUT2D eigenvalue weighted by Crippen LogP contribution is -2.55. The van der Waals surface area contributed by atoms with Gasteiger partial charge in [-0.25, -0.2) is 0 Å². The maximum atomic E-state index is 13.8. The molecule has 0 aliphatic carbocycles.